The first-order valence-corrected chi connectivity index (χ1v) is 8.24. The van der Waals surface area contributed by atoms with Crippen molar-refractivity contribution in [1.82, 2.24) is 19.6 Å². The molecule has 1 fully saturated rings. The number of aromatic nitrogens is 2. The number of aryl methyl sites for hydroxylation is 1. The molecule has 0 aliphatic carbocycles. The molecule has 0 spiro atoms. The van der Waals surface area contributed by atoms with Gasteiger partial charge in [0, 0.05) is 31.5 Å². The molecule has 128 valence electrons. The van der Waals surface area contributed by atoms with Crippen molar-refractivity contribution in [2.75, 3.05) is 19.7 Å². The molecule has 2 aromatic heterocycles. The number of fused-ring (bicyclic) bond motifs is 1. The molecule has 2 aromatic rings. The zero-order valence-corrected chi connectivity index (χ0v) is 14.0. The Balaban J connectivity index is 1.58. The van der Waals surface area contributed by atoms with Crippen LogP contribution in [0.2, 0.25) is 0 Å². The van der Waals surface area contributed by atoms with Crippen molar-refractivity contribution in [2.45, 2.75) is 32.7 Å². The number of piperidine rings is 1. The number of pyridine rings is 1. The maximum Gasteiger partial charge on any atom is 0.409 e. The Morgan fingerprint density at radius 2 is 2.04 bits per heavy atom. The highest BCUT2D eigenvalue weighted by Crippen LogP contribution is 2.13. The highest BCUT2D eigenvalue weighted by Gasteiger charge is 2.24. The van der Waals surface area contributed by atoms with Crippen LogP contribution in [0.4, 0.5) is 4.79 Å². The maximum absolute atomic E-state index is 12.4. The number of nitrogens with zero attached hydrogens (tertiary/aromatic N) is 3. The number of carbonyl (C=O) groups excluding carboxylic acids is 2. The molecule has 0 radical (unpaired) electrons. The summed E-state index contributed by atoms with van der Waals surface area (Å²) < 4.78 is 6.86. The fraction of sp³-hybridized carbons (Fsp3) is 0.471. The Morgan fingerprint density at radius 3 is 2.75 bits per heavy atom. The molecule has 1 N–H and O–H groups in total. The van der Waals surface area contributed by atoms with E-state index in [0.717, 1.165) is 24.2 Å². The normalized spacial score (nSPS) is 15.5. The summed E-state index contributed by atoms with van der Waals surface area (Å²) in [4.78, 5) is 30.2. The van der Waals surface area contributed by atoms with Gasteiger partial charge in [-0.2, -0.15) is 0 Å². The molecular weight excluding hydrogens is 308 g/mol. The lowest BCUT2D eigenvalue weighted by molar-refractivity contribution is 0.0859. The number of likely N-dealkylation sites (tertiary alicyclic amines) is 1. The number of nitrogens with one attached hydrogen (secondary N) is 1. The molecule has 0 atom stereocenters. The first kappa shape index (κ1) is 16.3. The number of amides is 2. The number of hydrogen-bond donors (Lipinski definition) is 1. The minimum Gasteiger partial charge on any atom is -0.450 e. The van der Waals surface area contributed by atoms with Crippen LogP contribution in [0.3, 0.4) is 0 Å². The zero-order chi connectivity index (χ0) is 17.1. The Morgan fingerprint density at radius 1 is 1.29 bits per heavy atom. The standard InChI is InChI=1S/C17H22N4O3/c1-3-24-17(23)20-8-6-14(7-9-20)19-16(22)13-4-5-15-18-12(2)10-21(15)11-13/h4-5,10-11,14H,3,6-9H2,1-2H3,(H,19,22). The van der Waals surface area contributed by atoms with E-state index in [1.807, 2.05) is 23.6 Å². The lowest BCUT2D eigenvalue weighted by atomic mass is 10.0. The molecule has 24 heavy (non-hydrogen) atoms. The third kappa shape index (κ3) is 3.50. The highest BCUT2D eigenvalue weighted by molar-refractivity contribution is 5.94. The van der Waals surface area contributed by atoms with Gasteiger partial charge in [0.1, 0.15) is 5.65 Å². The van der Waals surface area contributed by atoms with Crippen LogP contribution in [-0.4, -0.2) is 52.0 Å². The molecule has 7 heteroatoms. The summed E-state index contributed by atoms with van der Waals surface area (Å²) in [6.45, 7) is 5.30. The third-order valence-corrected chi connectivity index (χ3v) is 4.19. The fourth-order valence-electron chi connectivity index (χ4n) is 2.94. The van der Waals surface area contributed by atoms with Crippen LogP contribution in [-0.2, 0) is 4.74 Å². The molecule has 1 saturated heterocycles. The van der Waals surface area contributed by atoms with Crippen molar-refractivity contribution in [1.29, 1.82) is 0 Å². The molecule has 3 rings (SSSR count). The summed E-state index contributed by atoms with van der Waals surface area (Å²) in [5.41, 5.74) is 2.35. The van der Waals surface area contributed by atoms with Gasteiger partial charge in [0.15, 0.2) is 0 Å². The molecule has 3 heterocycles. The number of imidazole rings is 1. The van der Waals surface area contributed by atoms with Gasteiger partial charge < -0.3 is 19.4 Å². The minimum atomic E-state index is -0.275. The van der Waals surface area contributed by atoms with E-state index in [-0.39, 0.29) is 18.0 Å². The highest BCUT2D eigenvalue weighted by atomic mass is 16.6. The van der Waals surface area contributed by atoms with E-state index < -0.39 is 0 Å². The summed E-state index contributed by atoms with van der Waals surface area (Å²) in [6.07, 6.45) is 4.87. The lowest BCUT2D eigenvalue weighted by Gasteiger charge is -2.31. The summed E-state index contributed by atoms with van der Waals surface area (Å²) >= 11 is 0. The van der Waals surface area contributed by atoms with Crippen LogP contribution in [0.1, 0.15) is 35.8 Å². The first-order chi connectivity index (χ1) is 11.6. The van der Waals surface area contributed by atoms with Crippen molar-refractivity contribution in [2.24, 2.45) is 0 Å². The molecule has 0 unspecified atom stereocenters. The van der Waals surface area contributed by atoms with Crippen LogP contribution < -0.4 is 5.32 Å². The van der Waals surface area contributed by atoms with E-state index in [1.54, 1.807) is 24.1 Å². The van der Waals surface area contributed by atoms with Crippen molar-refractivity contribution in [3.63, 3.8) is 0 Å². The second-order valence-corrected chi connectivity index (χ2v) is 6.00. The van der Waals surface area contributed by atoms with Gasteiger partial charge in [0.25, 0.3) is 5.91 Å². The average Bonchev–Trinajstić information content (AvgIpc) is 2.94. The third-order valence-electron chi connectivity index (χ3n) is 4.19. The van der Waals surface area contributed by atoms with Gasteiger partial charge >= 0.3 is 6.09 Å². The van der Waals surface area contributed by atoms with Crippen LogP contribution in [0.25, 0.3) is 5.65 Å². The second kappa shape index (κ2) is 6.90. The smallest absolute Gasteiger partial charge is 0.409 e. The molecule has 2 amide bonds. The van der Waals surface area contributed by atoms with Gasteiger partial charge in [-0.05, 0) is 38.8 Å². The van der Waals surface area contributed by atoms with E-state index in [0.29, 0.717) is 25.3 Å². The molecule has 0 bridgehead atoms. The summed E-state index contributed by atoms with van der Waals surface area (Å²) in [6, 6.07) is 3.69. The van der Waals surface area contributed by atoms with Crippen LogP contribution in [0, 0.1) is 6.92 Å². The topological polar surface area (TPSA) is 75.9 Å². The SMILES string of the molecule is CCOC(=O)N1CCC(NC(=O)c2ccc3nc(C)cn3c2)CC1. The first-order valence-electron chi connectivity index (χ1n) is 8.24. The Kier molecular flexibility index (Phi) is 4.69. The molecule has 0 saturated carbocycles. The van der Waals surface area contributed by atoms with Gasteiger partial charge in [-0.25, -0.2) is 9.78 Å². The van der Waals surface area contributed by atoms with E-state index in [9.17, 15) is 9.59 Å². The van der Waals surface area contributed by atoms with Gasteiger partial charge in [0.2, 0.25) is 0 Å². The van der Waals surface area contributed by atoms with Gasteiger partial charge in [0.05, 0.1) is 17.9 Å². The van der Waals surface area contributed by atoms with Crippen molar-refractivity contribution in [3.05, 3.63) is 35.8 Å². The molecule has 1 aliphatic rings. The van der Waals surface area contributed by atoms with Gasteiger partial charge in [-0.15, -0.1) is 0 Å². The number of ether oxygens (including phenoxy) is 1. The predicted octanol–water partition coefficient (Wildman–Crippen LogP) is 1.99. The minimum absolute atomic E-state index is 0.0726. The van der Waals surface area contributed by atoms with E-state index >= 15 is 0 Å². The van der Waals surface area contributed by atoms with E-state index in [4.69, 9.17) is 4.74 Å². The molecule has 7 nitrogen and oxygen atoms in total. The average molecular weight is 330 g/mol. The van der Waals surface area contributed by atoms with Crippen LogP contribution in [0.15, 0.2) is 24.5 Å². The lowest BCUT2D eigenvalue weighted by Crippen LogP contribution is -2.46. The maximum atomic E-state index is 12.4. The largest absolute Gasteiger partial charge is 0.450 e. The molecular formula is C17H22N4O3. The number of hydrogen-bond acceptors (Lipinski definition) is 4. The van der Waals surface area contributed by atoms with Crippen LogP contribution >= 0.6 is 0 Å². The number of carbonyl (C=O) groups is 2. The Bertz CT molecular complexity index is 747. The van der Waals surface area contributed by atoms with Crippen molar-refractivity contribution in [3.8, 4) is 0 Å². The fourth-order valence-corrected chi connectivity index (χ4v) is 2.94. The van der Waals surface area contributed by atoms with Gasteiger partial charge in [-0.1, -0.05) is 0 Å². The van der Waals surface area contributed by atoms with E-state index in [2.05, 4.69) is 10.3 Å². The molecule has 1 aliphatic heterocycles. The van der Waals surface area contributed by atoms with Crippen LogP contribution in [0.5, 0.6) is 0 Å². The zero-order valence-electron chi connectivity index (χ0n) is 14.0. The van der Waals surface area contributed by atoms with Crippen molar-refractivity contribution < 1.29 is 14.3 Å². The second-order valence-electron chi connectivity index (χ2n) is 6.00. The monoisotopic (exact) mass is 330 g/mol. The Labute approximate surface area is 140 Å². The summed E-state index contributed by atoms with van der Waals surface area (Å²) in [5, 5.41) is 3.05. The van der Waals surface area contributed by atoms with Gasteiger partial charge in [-0.3, -0.25) is 4.79 Å². The Hall–Kier alpha value is -2.57. The van der Waals surface area contributed by atoms with E-state index in [1.165, 1.54) is 0 Å². The quantitative estimate of drug-likeness (QED) is 0.934. The molecule has 0 aromatic carbocycles. The van der Waals surface area contributed by atoms with Crippen molar-refractivity contribution >= 4 is 17.6 Å². The summed E-state index contributed by atoms with van der Waals surface area (Å²) in [5.74, 6) is -0.0992. The summed E-state index contributed by atoms with van der Waals surface area (Å²) in [7, 11) is 0. The number of rotatable bonds is 3. The predicted molar refractivity (Wildman–Crippen MR) is 89.0 cm³/mol.